The van der Waals surface area contributed by atoms with Crippen LogP contribution in [0.15, 0.2) is 18.3 Å². The summed E-state index contributed by atoms with van der Waals surface area (Å²) in [5.74, 6) is 0. The Morgan fingerprint density at radius 2 is 2.36 bits per heavy atom. The van der Waals surface area contributed by atoms with E-state index in [0.717, 1.165) is 11.3 Å². The SMILES string of the molecule is COC(O)c1cccnc1C. The van der Waals surface area contributed by atoms with E-state index in [1.165, 1.54) is 7.11 Å². The second-order valence-electron chi connectivity index (χ2n) is 2.27. The van der Waals surface area contributed by atoms with Gasteiger partial charge in [0.2, 0.25) is 0 Å². The Hall–Kier alpha value is -0.930. The zero-order valence-corrected chi connectivity index (χ0v) is 6.61. The Balaban J connectivity index is 2.93. The standard InChI is InChI=1S/C8H11NO2/c1-6-7(8(10)11-2)4-3-5-9-6/h3-5,8,10H,1-2H3. The van der Waals surface area contributed by atoms with Gasteiger partial charge in [-0.2, -0.15) is 0 Å². The predicted octanol–water partition coefficient (Wildman–Crippen LogP) is 1.03. The summed E-state index contributed by atoms with van der Waals surface area (Å²) in [5.41, 5.74) is 1.51. The Labute approximate surface area is 65.7 Å². The van der Waals surface area contributed by atoms with Crippen molar-refractivity contribution in [3.05, 3.63) is 29.6 Å². The molecule has 0 amide bonds. The molecule has 1 heterocycles. The third-order valence-electron chi connectivity index (χ3n) is 1.54. The van der Waals surface area contributed by atoms with Crippen LogP contribution in [0.1, 0.15) is 17.5 Å². The van der Waals surface area contributed by atoms with Crippen LogP contribution in [0.5, 0.6) is 0 Å². The predicted molar refractivity (Wildman–Crippen MR) is 40.9 cm³/mol. The average Bonchev–Trinajstić information content (AvgIpc) is 2.04. The maximum atomic E-state index is 9.25. The maximum Gasteiger partial charge on any atom is 0.182 e. The number of aliphatic hydroxyl groups is 1. The van der Waals surface area contributed by atoms with Gasteiger partial charge in [-0.05, 0) is 13.0 Å². The number of rotatable bonds is 2. The molecule has 1 rings (SSSR count). The molecule has 0 fully saturated rings. The molecular formula is C8H11NO2. The van der Waals surface area contributed by atoms with Gasteiger partial charge in [0, 0.05) is 24.6 Å². The maximum absolute atomic E-state index is 9.25. The number of hydrogen-bond donors (Lipinski definition) is 1. The lowest BCUT2D eigenvalue weighted by atomic mass is 10.2. The highest BCUT2D eigenvalue weighted by molar-refractivity contribution is 5.19. The second-order valence-corrected chi connectivity index (χ2v) is 2.27. The van der Waals surface area contributed by atoms with Crippen molar-refractivity contribution in [3.8, 4) is 0 Å². The Kier molecular flexibility index (Phi) is 2.57. The molecule has 60 valence electrons. The lowest BCUT2D eigenvalue weighted by Gasteiger charge is -2.09. The summed E-state index contributed by atoms with van der Waals surface area (Å²) in [5, 5.41) is 9.25. The fourth-order valence-corrected chi connectivity index (χ4v) is 0.885. The first kappa shape index (κ1) is 8.17. The highest BCUT2D eigenvalue weighted by Crippen LogP contribution is 2.14. The summed E-state index contributed by atoms with van der Waals surface area (Å²) < 4.78 is 4.73. The minimum absolute atomic E-state index is 0.718. The average molecular weight is 153 g/mol. The summed E-state index contributed by atoms with van der Waals surface area (Å²) in [4.78, 5) is 4.01. The van der Waals surface area contributed by atoms with Crippen molar-refractivity contribution in [3.63, 3.8) is 0 Å². The number of aryl methyl sites for hydroxylation is 1. The lowest BCUT2D eigenvalue weighted by molar-refractivity contribution is -0.0775. The molecule has 3 heteroatoms. The summed E-state index contributed by atoms with van der Waals surface area (Å²) in [6, 6.07) is 3.56. The van der Waals surface area contributed by atoms with Crippen LogP contribution in [0.4, 0.5) is 0 Å². The topological polar surface area (TPSA) is 42.4 Å². The van der Waals surface area contributed by atoms with Crippen LogP contribution >= 0.6 is 0 Å². The molecule has 0 saturated carbocycles. The highest BCUT2D eigenvalue weighted by Gasteiger charge is 2.07. The van der Waals surface area contributed by atoms with Gasteiger partial charge in [0.15, 0.2) is 6.29 Å². The number of aromatic nitrogens is 1. The second kappa shape index (κ2) is 3.46. The quantitative estimate of drug-likeness (QED) is 0.645. The summed E-state index contributed by atoms with van der Waals surface area (Å²) in [6.45, 7) is 1.83. The van der Waals surface area contributed by atoms with E-state index in [9.17, 15) is 5.11 Å². The monoisotopic (exact) mass is 153 g/mol. The fourth-order valence-electron chi connectivity index (χ4n) is 0.885. The third-order valence-corrected chi connectivity index (χ3v) is 1.54. The van der Waals surface area contributed by atoms with Crippen molar-refractivity contribution in [2.75, 3.05) is 7.11 Å². The van der Waals surface area contributed by atoms with Crippen molar-refractivity contribution in [2.45, 2.75) is 13.2 Å². The van der Waals surface area contributed by atoms with E-state index in [0.29, 0.717) is 0 Å². The lowest BCUT2D eigenvalue weighted by Crippen LogP contribution is -2.02. The van der Waals surface area contributed by atoms with Crippen LogP contribution in [0.3, 0.4) is 0 Å². The molecule has 1 aromatic rings. The van der Waals surface area contributed by atoms with Gasteiger partial charge in [0.25, 0.3) is 0 Å². The van der Waals surface area contributed by atoms with E-state index >= 15 is 0 Å². The molecule has 1 atom stereocenters. The number of methoxy groups -OCH3 is 1. The van der Waals surface area contributed by atoms with Gasteiger partial charge in [-0.15, -0.1) is 0 Å². The molecule has 0 spiro atoms. The summed E-state index contributed by atoms with van der Waals surface area (Å²) in [6.07, 6.45) is 0.824. The van der Waals surface area contributed by atoms with Crippen molar-refractivity contribution >= 4 is 0 Å². The van der Waals surface area contributed by atoms with E-state index in [2.05, 4.69) is 4.98 Å². The first-order chi connectivity index (χ1) is 5.25. The molecule has 0 aliphatic heterocycles. The zero-order valence-electron chi connectivity index (χ0n) is 6.61. The van der Waals surface area contributed by atoms with Crippen LogP contribution in [-0.4, -0.2) is 17.2 Å². The van der Waals surface area contributed by atoms with Crippen molar-refractivity contribution in [1.29, 1.82) is 0 Å². The van der Waals surface area contributed by atoms with E-state index in [1.807, 2.05) is 6.92 Å². The third kappa shape index (κ3) is 1.76. The first-order valence-corrected chi connectivity index (χ1v) is 3.38. The largest absolute Gasteiger partial charge is 0.364 e. The van der Waals surface area contributed by atoms with Gasteiger partial charge in [-0.1, -0.05) is 6.07 Å². The minimum Gasteiger partial charge on any atom is -0.364 e. The van der Waals surface area contributed by atoms with E-state index in [4.69, 9.17) is 4.74 Å². The smallest absolute Gasteiger partial charge is 0.182 e. The van der Waals surface area contributed by atoms with Crippen LogP contribution in [0, 0.1) is 6.92 Å². The number of pyridine rings is 1. The summed E-state index contributed by atoms with van der Waals surface area (Å²) in [7, 11) is 1.46. The van der Waals surface area contributed by atoms with Crippen LogP contribution < -0.4 is 0 Å². The number of nitrogens with zero attached hydrogens (tertiary/aromatic N) is 1. The molecule has 1 unspecified atom stereocenters. The van der Waals surface area contributed by atoms with Gasteiger partial charge in [-0.3, -0.25) is 4.98 Å². The fraction of sp³-hybridized carbons (Fsp3) is 0.375. The number of aliphatic hydroxyl groups excluding tert-OH is 1. The van der Waals surface area contributed by atoms with Gasteiger partial charge in [-0.25, -0.2) is 0 Å². The number of hydrogen-bond acceptors (Lipinski definition) is 3. The molecule has 0 aliphatic rings. The Morgan fingerprint density at radius 3 is 2.91 bits per heavy atom. The molecule has 1 aromatic heterocycles. The van der Waals surface area contributed by atoms with Crippen LogP contribution in [0.25, 0.3) is 0 Å². The van der Waals surface area contributed by atoms with Crippen molar-refractivity contribution in [1.82, 2.24) is 4.98 Å². The molecule has 11 heavy (non-hydrogen) atoms. The van der Waals surface area contributed by atoms with Crippen LogP contribution in [-0.2, 0) is 4.74 Å². The molecule has 0 radical (unpaired) electrons. The molecule has 3 nitrogen and oxygen atoms in total. The van der Waals surface area contributed by atoms with Gasteiger partial charge in [0.1, 0.15) is 0 Å². The van der Waals surface area contributed by atoms with E-state index in [-0.39, 0.29) is 0 Å². The van der Waals surface area contributed by atoms with Crippen molar-refractivity contribution < 1.29 is 9.84 Å². The van der Waals surface area contributed by atoms with E-state index in [1.54, 1.807) is 18.3 Å². The van der Waals surface area contributed by atoms with Crippen LogP contribution in [0.2, 0.25) is 0 Å². The van der Waals surface area contributed by atoms with Gasteiger partial charge in [0.05, 0.1) is 0 Å². The zero-order chi connectivity index (χ0) is 8.27. The normalized spacial score (nSPS) is 13.0. The van der Waals surface area contributed by atoms with E-state index < -0.39 is 6.29 Å². The summed E-state index contributed by atoms with van der Waals surface area (Å²) >= 11 is 0. The van der Waals surface area contributed by atoms with Gasteiger partial charge < -0.3 is 9.84 Å². The Morgan fingerprint density at radius 1 is 1.64 bits per heavy atom. The first-order valence-electron chi connectivity index (χ1n) is 3.38. The van der Waals surface area contributed by atoms with Crippen molar-refractivity contribution in [2.24, 2.45) is 0 Å². The Bertz CT molecular complexity index is 237. The molecule has 0 saturated heterocycles. The molecule has 0 aromatic carbocycles. The van der Waals surface area contributed by atoms with Gasteiger partial charge >= 0.3 is 0 Å². The molecule has 0 bridgehead atoms. The molecule has 1 N–H and O–H groups in total. The minimum atomic E-state index is -0.858. The number of ether oxygens (including phenoxy) is 1. The molecular weight excluding hydrogens is 142 g/mol. The highest BCUT2D eigenvalue weighted by atomic mass is 16.6. The molecule has 0 aliphatic carbocycles.